The third-order valence-corrected chi connectivity index (χ3v) is 5.29. The van der Waals surface area contributed by atoms with E-state index in [4.69, 9.17) is 0 Å². The lowest BCUT2D eigenvalue weighted by atomic mass is 10.2. The van der Waals surface area contributed by atoms with E-state index in [0.29, 0.717) is 15.9 Å². The van der Waals surface area contributed by atoms with Gasteiger partial charge in [-0.15, -0.1) is 0 Å². The predicted molar refractivity (Wildman–Crippen MR) is 83.4 cm³/mol. The summed E-state index contributed by atoms with van der Waals surface area (Å²) >= 11 is 3.30. The smallest absolute Gasteiger partial charge is 0.263 e. The molecule has 1 aromatic carbocycles. The number of nitrogens with one attached hydrogen (secondary N) is 1. The molecule has 2 rings (SSSR count). The monoisotopic (exact) mass is 354 g/mol. The average Bonchev–Trinajstić information content (AvgIpc) is 2.33. The lowest BCUT2D eigenvalue weighted by molar-refractivity contribution is 0.600. The molecule has 0 saturated heterocycles. The van der Waals surface area contributed by atoms with Crippen LogP contribution in [-0.4, -0.2) is 13.4 Å². The van der Waals surface area contributed by atoms with Crippen molar-refractivity contribution in [2.24, 2.45) is 0 Å². The van der Waals surface area contributed by atoms with Gasteiger partial charge in [-0.1, -0.05) is 6.07 Å². The van der Waals surface area contributed by atoms with Gasteiger partial charge in [0.15, 0.2) is 0 Å². The van der Waals surface area contributed by atoms with Gasteiger partial charge in [-0.3, -0.25) is 9.71 Å². The van der Waals surface area contributed by atoms with Gasteiger partial charge in [0, 0.05) is 10.7 Å². The molecule has 0 amide bonds. The van der Waals surface area contributed by atoms with Crippen LogP contribution >= 0.6 is 15.9 Å². The number of halogens is 1. The molecule has 1 N–H and O–H groups in total. The summed E-state index contributed by atoms with van der Waals surface area (Å²) in [7, 11) is -3.64. The van der Waals surface area contributed by atoms with Gasteiger partial charge in [0.1, 0.15) is 4.90 Å². The van der Waals surface area contributed by atoms with E-state index in [1.54, 1.807) is 37.4 Å². The molecule has 0 saturated carbocycles. The molecule has 6 heteroatoms. The van der Waals surface area contributed by atoms with Crippen molar-refractivity contribution < 1.29 is 8.42 Å². The molecule has 0 aliphatic carbocycles. The van der Waals surface area contributed by atoms with Gasteiger partial charge >= 0.3 is 0 Å². The molecule has 0 unspecified atom stereocenters. The summed E-state index contributed by atoms with van der Waals surface area (Å²) in [5.41, 5.74) is 3.01. The van der Waals surface area contributed by atoms with Gasteiger partial charge in [0.05, 0.1) is 11.4 Å². The van der Waals surface area contributed by atoms with E-state index < -0.39 is 10.0 Å². The maximum atomic E-state index is 12.5. The predicted octanol–water partition coefficient (Wildman–Crippen LogP) is 3.57. The Bertz CT molecular complexity index is 738. The van der Waals surface area contributed by atoms with Crippen molar-refractivity contribution in [1.82, 2.24) is 4.98 Å². The number of hydrogen-bond acceptors (Lipinski definition) is 3. The van der Waals surface area contributed by atoms with Crippen LogP contribution in [0.2, 0.25) is 0 Å². The minimum Gasteiger partial charge on any atom is -0.277 e. The van der Waals surface area contributed by atoms with E-state index in [2.05, 4.69) is 25.6 Å². The highest BCUT2D eigenvalue weighted by Gasteiger charge is 2.19. The van der Waals surface area contributed by atoms with Crippen LogP contribution in [0.1, 0.15) is 16.8 Å². The van der Waals surface area contributed by atoms with Gasteiger partial charge in [-0.05, 0) is 66.0 Å². The van der Waals surface area contributed by atoms with E-state index in [1.807, 2.05) is 13.8 Å². The van der Waals surface area contributed by atoms with Crippen LogP contribution in [0.25, 0.3) is 0 Å². The Hall–Kier alpha value is -1.40. The number of sulfonamides is 1. The molecule has 20 heavy (non-hydrogen) atoms. The molecule has 2 aromatic rings. The molecule has 1 heterocycles. The van der Waals surface area contributed by atoms with Crippen LogP contribution < -0.4 is 4.72 Å². The van der Waals surface area contributed by atoms with Crippen molar-refractivity contribution >= 4 is 31.6 Å². The van der Waals surface area contributed by atoms with Crippen LogP contribution in [0.15, 0.2) is 39.8 Å². The summed E-state index contributed by atoms with van der Waals surface area (Å²) in [6.07, 6.45) is 1.66. The summed E-state index contributed by atoms with van der Waals surface area (Å²) in [4.78, 5) is 4.33. The average molecular weight is 355 g/mol. The number of anilines is 1. The lowest BCUT2D eigenvalue weighted by Gasteiger charge is -2.13. The number of nitrogens with zero attached hydrogens (tertiary/aromatic N) is 1. The van der Waals surface area contributed by atoms with Crippen LogP contribution in [-0.2, 0) is 10.0 Å². The first-order valence-electron chi connectivity index (χ1n) is 6.02. The summed E-state index contributed by atoms with van der Waals surface area (Å²) in [6.45, 7) is 5.52. The molecular weight excluding hydrogens is 340 g/mol. The normalized spacial score (nSPS) is 11.4. The van der Waals surface area contributed by atoms with Crippen molar-refractivity contribution in [3.63, 3.8) is 0 Å². The number of pyridine rings is 1. The number of benzene rings is 1. The molecule has 106 valence electrons. The van der Waals surface area contributed by atoms with Crippen LogP contribution in [0, 0.1) is 20.8 Å². The Morgan fingerprint density at radius 3 is 2.45 bits per heavy atom. The second-order valence-electron chi connectivity index (χ2n) is 4.63. The fourth-order valence-electron chi connectivity index (χ4n) is 1.86. The summed E-state index contributed by atoms with van der Waals surface area (Å²) in [6, 6.07) is 6.90. The zero-order valence-electron chi connectivity index (χ0n) is 11.4. The Morgan fingerprint density at radius 1 is 1.15 bits per heavy atom. The number of hydrogen-bond donors (Lipinski definition) is 1. The van der Waals surface area contributed by atoms with Crippen molar-refractivity contribution in [3.05, 3.63) is 51.8 Å². The minimum atomic E-state index is -3.64. The Kier molecular flexibility index (Phi) is 4.15. The maximum absolute atomic E-state index is 12.5. The van der Waals surface area contributed by atoms with Gasteiger partial charge in [0.2, 0.25) is 0 Å². The molecule has 0 aliphatic rings. The highest BCUT2D eigenvalue weighted by Crippen LogP contribution is 2.27. The Labute approximate surface area is 127 Å². The fraction of sp³-hybridized carbons (Fsp3) is 0.214. The summed E-state index contributed by atoms with van der Waals surface area (Å²) in [5, 5.41) is 0. The standard InChI is InChI=1S/C14H15BrN2O2S/c1-9-4-5-13(12(15)8-9)20(18,19)17-14-10(2)6-7-16-11(14)3/h4-8,17H,1-3H3. The van der Waals surface area contributed by atoms with Crippen LogP contribution in [0.3, 0.4) is 0 Å². The third kappa shape index (κ3) is 3.02. The van der Waals surface area contributed by atoms with Crippen molar-refractivity contribution in [2.45, 2.75) is 25.7 Å². The van der Waals surface area contributed by atoms with Gasteiger partial charge in [0.25, 0.3) is 10.0 Å². The van der Waals surface area contributed by atoms with E-state index in [0.717, 1.165) is 11.1 Å². The van der Waals surface area contributed by atoms with E-state index in [-0.39, 0.29) is 4.90 Å². The van der Waals surface area contributed by atoms with Gasteiger partial charge in [-0.25, -0.2) is 8.42 Å². The molecule has 0 bridgehead atoms. The largest absolute Gasteiger partial charge is 0.277 e. The molecule has 1 aromatic heterocycles. The number of aryl methyl sites for hydroxylation is 3. The maximum Gasteiger partial charge on any atom is 0.263 e. The quantitative estimate of drug-likeness (QED) is 0.916. The molecule has 0 atom stereocenters. The lowest BCUT2D eigenvalue weighted by Crippen LogP contribution is -2.15. The van der Waals surface area contributed by atoms with Crippen molar-refractivity contribution in [3.8, 4) is 0 Å². The van der Waals surface area contributed by atoms with E-state index in [9.17, 15) is 8.42 Å². The highest BCUT2D eigenvalue weighted by atomic mass is 79.9. The van der Waals surface area contributed by atoms with E-state index >= 15 is 0 Å². The first kappa shape index (κ1) is 15.0. The number of rotatable bonds is 3. The molecule has 4 nitrogen and oxygen atoms in total. The molecule has 0 fully saturated rings. The molecular formula is C14H15BrN2O2S. The Balaban J connectivity index is 2.46. The third-order valence-electron chi connectivity index (χ3n) is 2.96. The molecule has 0 spiro atoms. The molecule has 0 radical (unpaired) electrons. The van der Waals surface area contributed by atoms with Crippen molar-refractivity contribution in [1.29, 1.82) is 0 Å². The number of aromatic nitrogens is 1. The summed E-state index contributed by atoms with van der Waals surface area (Å²) < 4.78 is 28.1. The summed E-state index contributed by atoms with van der Waals surface area (Å²) in [5.74, 6) is 0. The second-order valence-corrected chi connectivity index (χ2v) is 7.13. The van der Waals surface area contributed by atoms with Crippen LogP contribution in [0.5, 0.6) is 0 Å². The zero-order valence-corrected chi connectivity index (χ0v) is 13.8. The fourth-order valence-corrected chi connectivity index (χ4v) is 4.24. The Morgan fingerprint density at radius 2 is 1.85 bits per heavy atom. The first-order valence-corrected chi connectivity index (χ1v) is 8.30. The SMILES string of the molecule is Cc1ccc(S(=O)(=O)Nc2c(C)ccnc2C)c(Br)c1. The van der Waals surface area contributed by atoms with Gasteiger partial charge < -0.3 is 0 Å². The van der Waals surface area contributed by atoms with Crippen molar-refractivity contribution in [2.75, 3.05) is 4.72 Å². The topological polar surface area (TPSA) is 59.1 Å². The second kappa shape index (κ2) is 5.54. The zero-order chi connectivity index (χ0) is 14.9. The van der Waals surface area contributed by atoms with Gasteiger partial charge in [-0.2, -0.15) is 0 Å². The molecule has 0 aliphatic heterocycles. The minimum absolute atomic E-state index is 0.214. The van der Waals surface area contributed by atoms with Crippen LogP contribution in [0.4, 0.5) is 5.69 Å². The first-order chi connectivity index (χ1) is 9.31. The van der Waals surface area contributed by atoms with E-state index in [1.165, 1.54) is 0 Å². The highest BCUT2D eigenvalue weighted by molar-refractivity contribution is 9.10.